The van der Waals surface area contributed by atoms with Gasteiger partial charge in [-0.1, -0.05) is 36.4 Å². The van der Waals surface area contributed by atoms with Crippen LogP contribution < -0.4 is 19.5 Å². The summed E-state index contributed by atoms with van der Waals surface area (Å²) >= 11 is 0. The highest BCUT2D eigenvalue weighted by Gasteiger charge is 2.35. The lowest BCUT2D eigenvalue weighted by molar-refractivity contribution is 0.0273. The maximum absolute atomic E-state index is 13.3. The van der Waals surface area contributed by atoms with Gasteiger partial charge in [-0.25, -0.2) is 4.98 Å². The number of amides is 1. The van der Waals surface area contributed by atoms with Gasteiger partial charge in [-0.05, 0) is 68.3 Å². The molecule has 244 valence electrons. The van der Waals surface area contributed by atoms with Crippen LogP contribution in [0.3, 0.4) is 0 Å². The van der Waals surface area contributed by atoms with Crippen molar-refractivity contribution in [3.63, 3.8) is 0 Å². The van der Waals surface area contributed by atoms with Gasteiger partial charge in [-0.15, -0.1) is 0 Å². The molecule has 2 aliphatic rings. The van der Waals surface area contributed by atoms with Crippen LogP contribution >= 0.6 is 0 Å². The van der Waals surface area contributed by atoms with Crippen LogP contribution in [-0.4, -0.2) is 56.1 Å². The van der Waals surface area contributed by atoms with Crippen LogP contribution in [0.2, 0.25) is 0 Å². The number of ether oxygens (including phenoxy) is 5. The van der Waals surface area contributed by atoms with Crippen LogP contribution in [0.5, 0.6) is 17.2 Å². The van der Waals surface area contributed by atoms with Gasteiger partial charge in [0, 0.05) is 30.2 Å². The molecule has 1 amide bonds. The van der Waals surface area contributed by atoms with Crippen molar-refractivity contribution in [1.29, 1.82) is 0 Å². The second kappa shape index (κ2) is 14.7. The number of rotatable bonds is 0. The molecular weight excluding hydrogens is 596 g/mol. The number of hydrogen-bond acceptors (Lipinski definition) is 8. The maximum atomic E-state index is 13.3. The number of nitrogens with zero attached hydrogens (tertiary/aromatic N) is 1. The third-order valence-electron chi connectivity index (χ3n) is 8.02. The van der Waals surface area contributed by atoms with E-state index in [4.69, 9.17) is 28.1 Å². The van der Waals surface area contributed by atoms with Crippen LogP contribution in [-0.2, 0) is 15.9 Å². The molecule has 47 heavy (non-hydrogen) atoms. The standard InChI is InChI=1S/C38H40N2O7/c1-26-9-8-14-38(3)24-32-27(2)22-28(23-35(32)47-38)39-36(41)30-10-4-6-12-33(30)44-19-17-42-15-16-43-18-20-45-34-13-7-5-11-31(34)37-40-29(21-26)25-46-37/h4-13,21-23,25H,14-20,24H2,1-3H3,(H,39,41)/b9-8+,26-21-. The molecule has 4 aromatic rings. The Morgan fingerprint density at radius 2 is 1.47 bits per heavy atom. The molecular formula is C38H40N2O7. The number of allylic oxidation sites excluding steroid dienone is 2. The molecule has 9 nitrogen and oxygen atoms in total. The van der Waals surface area contributed by atoms with Crippen molar-refractivity contribution >= 4 is 17.7 Å². The molecule has 0 saturated carbocycles. The molecule has 1 N–H and O–H groups in total. The van der Waals surface area contributed by atoms with Crippen molar-refractivity contribution in [2.45, 2.75) is 39.2 Å². The lowest BCUT2D eigenvalue weighted by Crippen LogP contribution is -2.29. The summed E-state index contributed by atoms with van der Waals surface area (Å²) in [5, 5.41) is 3.03. The summed E-state index contributed by atoms with van der Waals surface area (Å²) in [5.74, 6) is 2.18. The Morgan fingerprint density at radius 1 is 0.809 bits per heavy atom. The van der Waals surface area contributed by atoms with Crippen molar-refractivity contribution < 1.29 is 32.9 Å². The van der Waals surface area contributed by atoms with Crippen molar-refractivity contribution in [1.82, 2.24) is 4.98 Å². The topological polar surface area (TPSA) is 101 Å². The maximum Gasteiger partial charge on any atom is 0.259 e. The van der Waals surface area contributed by atoms with E-state index in [1.165, 1.54) is 0 Å². The summed E-state index contributed by atoms with van der Waals surface area (Å²) in [6.45, 7) is 8.42. The highest BCUT2D eigenvalue weighted by molar-refractivity contribution is 6.06. The second-order valence-corrected chi connectivity index (χ2v) is 11.9. The Kier molecular flexibility index (Phi) is 10.0. The highest BCUT2D eigenvalue weighted by Crippen LogP contribution is 2.41. The fraction of sp³-hybridized carbons (Fsp3) is 0.316. The third-order valence-corrected chi connectivity index (χ3v) is 8.02. The quantitative estimate of drug-likeness (QED) is 0.212. The van der Waals surface area contributed by atoms with E-state index >= 15 is 0 Å². The summed E-state index contributed by atoms with van der Waals surface area (Å²) in [6.07, 6.45) is 9.31. The van der Waals surface area contributed by atoms with Crippen LogP contribution in [0.25, 0.3) is 17.5 Å². The Balaban J connectivity index is 1.20. The minimum Gasteiger partial charge on any atom is -0.490 e. The lowest BCUT2D eigenvalue weighted by atomic mass is 9.93. The zero-order chi connectivity index (χ0) is 32.6. The minimum absolute atomic E-state index is 0.256. The summed E-state index contributed by atoms with van der Waals surface area (Å²) in [5.41, 5.74) is 5.46. The molecule has 3 heterocycles. The van der Waals surface area contributed by atoms with E-state index in [1.807, 2.05) is 68.5 Å². The summed E-state index contributed by atoms with van der Waals surface area (Å²) in [4.78, 5) is 18.0. The van der Waals surface area contributed by atoms with E-state index in [0.717, 1.165) is 40.1 Å². The first kappa shape index (κ1) is 32.1. The molecule has 1 unspecified atom stereocenters. The number of para-hydroxylation sites is 2. The van der Waals surface area contributed by atoms with Crippen molar-refractivity contribution in [2.24, 2.45) is 0 Å². The first-order valence-electron chi connectivity index (χ1n) is 15.9. The summed E-state index contributed by atoms with van der Waals surface area (Å²) in [7, 11) is 0. The Morgan fingerprint density at radius 3 is 2.21 bits per heavy atom. The van der Waals surface area contributed by atoms with Gasteiger partial charge < -0.3 is 33.4 Å². The molecule has 0 fully saturated rings. The number of fused-ring (bicyclic) bond motifs is 7. The molecule has 9 heteroatoms. The lowest BCUT2D eigenvalue weighted by Gasteiger charge is -2.22. The minimum atomic E-state index is -0.410. The monoisotopic (exact) mass is 636 g/mol. The number of carbonyl (C=O) groups excluding carboxylic acids is 1. The molecule has 0 radical (unpaired) electrons. The smallest absolute Gasteiger partial charge is 0.259 e. The number of aromatic nitrogens is 1. The first-order valence-corrected chi connectivity index (χ1v) is 15.9. The summed E-state index contributed by atoms with van der Waals surface area (Å²) in [6, 6.07) is 18.7. The Hall–Kier alpha value is -4.86. The van der Waals surface area contributed by atoms with Crippen LogP contribution in [0.15, 0.2) is 89.1 Å². The van der Waals surface area contributed by atoms with Gasteiger partial charge in [0.15, 0.2) is 0 Å². The average Bonchev–Trinajstić information content (AvgIpc) is 3.66. The van der Waals surface area contributed by atoms with Gasteiger partial charge in [0.2, 0.25) is 5.89 Å². The number of oxazole rings is 1. The molecule has 1 aromatic heterocycles. The first-order chi connectivity index (χ1) is 22.9. The molecule has 6 rings (SSSR count). The van der Waals surface area contributed by atoms with Gasteiger partial charge >= 0.3 is 0 Å². The molecule has 0 saturated heterocycles. The van der Waals surface area contributed by atoms with Crippen molar-refractivity contribution in [3.05, 3.63) is 107 Å². The van der Waals surface area contributed by atoms with Crippen molar-refractivity contribution in [2.75, 3.05) is 45.0 Å². The van der Waals surface area contributed by atoms with E-state index in [2.05, 4.69) is 29.4 Å². The molecule has 2 aliphatic heterocycles. The van der Waals surface area contributed by atoms with Gasteiger partial charge in [-0.2, -0.15) is 0 Å². The van der Waals surface area contributed by atoms with Crippen LogP contribution in [0.4, 0.5) is 5.69 Å². The number of benzene rings is 3. The molecule has 3 aromatic carbocycles. The van der Waals surface area contributed by atoms with Gasteiger partial charge in [0.1, 0.15) is 48.0 Å². The summed E-state index contributed by atoms with van der Waals surface area (Å²) < 4.78 is 35.6. The third kappa shape index (κ3) is 8.11. The molecule has 5 bridgehead atoms. The van der Waals surface area contributed by atoms with E-state index in [-0.39, 0.29) is 5.91 Å². The number of nitrogens with one attached hydrogen (secondary N) is 1. The SMILES string of the molecule is CC1=C/c2coc(n2)-c2ccccc2OCCOCCOCCOc2ccccc2C(=O)Nc2cc(C)c3c(c2)OC(C)(C\C=C\1)C3. The predicted octanol–water partition coefficient (Wildman–Crippen LogP) is 7.45. The Labute approximate surface area is 275 Å². The van der Waals surface area contributed by atoms with Crippen molar-refractivity contribution in [3.8, 4) is 28.7 Å². The van der Waals surface area contributed by atoms with Gasteiger partial charge in [-0.3, -0.25) is 4.79 Å². The van der Waals surface area contributed by atoms with Crippen LogP contribution in [0, 0.1) is 6.92 Å². The molecule has 0 aliphatic carbocycles. The zero-order valence-electron chi connectivity index (χ0n) is 27.0. The fourth-order valence-electron chi connectivity index (χ4n) is 5.71. The number of aryl methyl sites for hydroxylation is 1. The van der Waals surface area contributed by atoms with Gasteiger partial charge in [0.25, 0.3) is 5.91 Å². The number of hydrogen-bond donors (Lipinski definition) is 1. The highest BCUT2D eigenvalue weighted by atomic mass is 16.6. The molecule has 1 atom stereocenters. The predicted molar refractivity (Wildman–Crippen MR) is 180 cm³/mol. The van der Waals surface area contributed by atoms with E-state index in [9.17, 15) is 4.79 Å². The number of anilines is 1. The van der Waals surface area contributed by atoms with E-state index in [0.29, 0.717) is 74.7 Å². The van der Waals surface area contributed by atoms with Crippen LogP contribution in [0.1, 0.15) is 47.4 Å². The number of carbonyl (C=O) groups is 1. The van der Waals surface area contributed by atoms with E-state index in [1.54, 1.807) is 18.4 Å². The zero-order valence-corrected chi connectivity index (χ0v) is 27.0. The Bertz CT molecular complexity index is 1780. The second-order valence-electron chi connectivity index (χ2n) is 11.9. The molecule has 0 spiro atoms. The normalized spacial score (nSPS) is 21.2. The average molecular weight is 637 g/mol. The van der Waals surface area contributed by atoms with E-state index < -0.39 is 5.60 Å². The fourth-order valence-corrected chi connectivity index (χ4v) is 5.71. The largest absolute Gasteiger partial charge is 0.490 e. The van der Waals surface area contributed by atoms with Gasteiger partial charge in [0.05, 0.1) is 37.6 Å².